The quantitative estimate of drug-likeness (QED) is 0.924. The number of thiazole rings is 1. The topological polar surface area (TPSA) is 36.4 Å². The van der Waals surface area contributed by atoms with Crippen molar-refractivity contribution < 1.29 is 9.50 Å². The summed E-state index contributed by atoms with van der Waals surface area (Å²) < 4.78 is 13.7. The van der Waals surface area contributed by atoms with Crippen LogP contribution < -0.4 is 4.90 Å². The van der Waals surface area contributed by atoms with Crippen LogP contribution in [0.4, 0.5) is 10.1 Å². The number of anilines is 1. The van der Waals surface area contributed by atoms with Gasteiger partial charge in [0.15, 0.2) is 0 Å². The fourth-order valence-electron chi connectivity index (χ4n) is 1.92. The Bertz CT molecular complexity index is 514. The van der Waals surface area contributed by atoms with E-state index in [1.165, 1.54) is 17.4 Å². The standard InChI is InChI=1S/C13H15FN2OS/c1-9(17)13-11(14)4-3-5-12(13)16(2)6-10-7-18-8-15-10/h3-5,7-9,17H,6H2,1-2H3/t9-/m0/s1. The van der Waals surface area contributed by atoms with Crippen molar-refractivity contribution in [1.82, 2.24) is 4.98 Å². The first-order chi connectivity index (χ1) is 8.59. The lowest BCUT2D eigenvalue weighted by atomic mass is 10.1. The van der Waals surface area contributed by atoms with Gasteiger partial charge < -0.3 is 10.0 Å². The number of aliphatic hydroxyl groups is 1. The highest BCUT2D eigenvalue weighted by Crippen LogP contribution is 2.29. The fourth-order valence-corrected chi connectivity index (χ4v) is 2.47. The average Bonchev–Trinajstić information content (AvgIpc) is 2.80. The van der Waals surface area contributed by atoms with Crippen molar-refractivity contribution in [2.24, 2.45) is 0 Å². The van der Waals surface area contributed by atoms with Crippen molar-refractivity contribution in [2.45, 2.75) is 19.6 Å². The van der Waals surface area contributed by atoms with Crippen LogP contribution >= 0.6 is 11.3 Å². The van der Waals surface area contributed by atoms with E-state index in [9.17, 15) is 9.50 Å². The van der Waals surface area contributed by atoms with Crippen LogP contribution in [0.1, 0.15) is 24.3 Å². The van der Waals surface area contributed by atoms with Crippen molar-refractivity contribution >= 4 is 17.0 Å². The molecule has 5 heteroatoms. The number of halogens is 1. The van der Waals surface area contributed by atoms with E-state index in [1.807, 2.05) is 17.3 Å². The Balaban J connectivity index is 2.29. The molecule has 2 aromatic rings. The maximum Gasteiger partial charge on any atom is 0.131 e. The summed E-state index contributed by atoms with van der Waals surface area (Å²) in [6.07, 6.45) is -0.834. The van der Waals surface area contributed by atoms with Crippen LogP contribution in [-0.4, -0.2) is 17.1 Å². The maximum absolute atomic E-state index is 13.7. The van der Waals surface area contributed by atoms with Crippen LogP contribution in [0.5, 0.6) is 0 Å². The smallest absolute Gasteiger partial charge is 0.131 e. The van der Waals surface area contributed by atoms with E-state index in [0.29, 0.717) is 17.8 Å². The molecule has 2 rings (SSSR count). The molecular formula is C13H15FN2OS. The van der Waals surface area contributed by atoms with Gasteiger partial charge in [0.05, 0.1) is 23.9 Å². The summed E-state index contributed by atoms with van der Waals surface area (Å²) in [6.45, 7) is 2.16. The molecule has 0 saturated heterocycles. The molecule has 0 spiro atoms. The predicted octanol–water partition coefficient (Wildman–Crippen LogP) is 2.97. The number of hydrogen-bond donors (Lipinski definition) is 1. The van der Waals surface area contributed by atoms with Gasteiger partial charge in [-0.15, -0.1) is 11.3 Å². The molecule has 0 aliphatic heterocycles. The monoisotopic (exact) mass is 266 g/mol. The Morgan fingerprint density at radius 1 is 1.50 bits per heavy atom. The zero-order valence-electron chi connectivity index (χ0n) is 10.3. The normalized spacial score (nSPS) is 12.4. The lowest BCUT2D eigenvalue weighted by molar-refractivity contribution is 0.194. The Hall–Kier alpha value is -1.46. The van der Waals surface area contributed by atoms with Gasteiger partial charge in [-0.2, -0.15) is 0 Å². The molecule has 1 heterocycles. The van der Waals surface area contributed by atoms with E-state index in [4.69, 9.17) is 0 Å². The maximum atomic E-state index is 13.7. The Labute approximate surface area is 110 Å². The molecule has 0 bridgehead atoms. The third kappa shape index (κ3) is 2.68. The predicted molar refractivity (Wildman–Crippen MR) is 71.3 cm³/mol. The van der Waals surface area contributed by atoms with Gasteiger partial charge in [-0.05, 0) is 19.1 Å². The highest BCUT2D eigenvalue weighted by Gasteiger charge is 2.16. The molecule has 1 atom stereocenters. The minimum absolute atomic E-state index is 0.329. The van der Waals surface area contributed by atoms with Crippen molar-refractivity contribution in [2.75, 3.05) is 11.9 Å². The van der Waals surface area contributed by atoms with Gasteiger partial charge in [0.1, 0.15) is 5.82 Å². The van der Waals surface area contributed by atoms with E-state index in [0.717, 1.165) is 5.69 Å². The van der Waals surface area contributed by atoms with E-state index < -0.39 is 6.10 Å². The van der Waals surface area contributed by atoms with E-state index >= 15 is 0 Å². The number of aromatic nitrogens is 1. The van der Waals surface area contributed by atoms with Gasteiger partial charge in [-0.3, -0.25) is 0 Å². The largest absolute Gasteiger partial charge is 0.389 e. The van der Waals surface area contributed by atoms with Crippen molar-refractivity contribution in [3.05, 3.63) is 46.2 Å². The second kappa shape index (κ2) is 5.46. The molecule has 0 saturated carbocycles. The molecule has 0 unspecified atom stereocenters. The molecule has 3 nitrogen and oxygen atoms in total. The van der Waals surface area contributed by atoms with Crippen LogP contribution in [0.3, 0.4) is 0 Å². The molecule has 0 aliphatic rings. The van der Waals surface area contributed by atoms with E-state index in [2.05, 4.69) is 4.98 Å². The van der Waals surface area contributed by atoms with Gasteiger partial charge in [-0.25, -0.2) is 9.37 Å². The van der Waals surface area contributed by atoms with Crippen LogP contribution in [0, 0.1) is 5.82 Å². The van der Waals surface area contributed by atoms with Gasteiger partial charge in [0.25, 0.3) is 0 Å². The molecule has 1 N–H and O–H groups in total. The van der Waals surface area contributed by atoms with E-state index in [1.54, 1.807) is 24.6 Å². The van der Waals surface area contributed by atoms with Gasteiger partial charge in [-0.1, -0.05) is 6.07 Å². The second-order valence-corrected chi connectivity index (χ2v) is 4.90. The first-order valence-electron chi connectivity index (χ1n) is 5.64. The summed E-state index contributed by atoms with van der Waals surface area (Å²) >= 11 is 1.53. The van der Waals surface area contributed by atoms with E-state index in [-0.39, 0.29) is 5.82 Å². The number of nitrogens with zero attached hydrogens (tertiary/aromatic N) is 2. The van der Waals surface area contributed by atoms with Gasteiger partial charge >= 0.3 is 0 Å². The molecule has 1 aromatic heterocycles. The molecule has 18 heavy (non-hydrogen) atoms. The summed E-state index contributed by atoms with van der Waals surface area (Å²) in [4.78, 5) is 6.09. The third-order valence-electron chi connectivity index (χ3n) is 2.74. The SMILES string of the molecule is C[C@H](O)c1c(F)cccc1N(C)Cc1cscn1. The second-order valence-electron chi connectivity index (χ2n) is 4.18. The van der Waals surface area contributed by atoms with Crippen molar-refractivity contribution in [3.8, 4) is 0 Å². The lowest BCUT2D eigenvalue weighted by Gasteiger charge is -2.23. The summed E-state index contributed by atoms with van der Waals surface area (Å²) in [6, 6.07) is 4.81. The number of benzene rings is 1. The van der Waals surface area contributed by atoms with Gasteiger partial charge in [0.2, 0.25) is 0 Å². The Morgan fingerprint density at radius 3 is 2.89 bits per heavy atom. The van der Waals surface area contributed by atoms with Crippen LogP contribution in [0.15, 0.2) is 29.1 Å². The summed E-state index contributed by atoms with van der Waals surface area (Å²) in [5, 5.41) is 11.6. The highest BCUT2D eigenvalue weighted by molar-refractivity contribution is 7.07. The Kier molecular flexibility index (Phi) is 3.93. The van der Waals surface area contributed by atoms with Crippen molar-refractivity contribution in [3.63, 3.8) is 0 Å². The minimum Gasteiger partial charge on any atom is -0.389 e. The number of aliphatic hydroxyl groups excluding tert-OH is 1. The lowest BCUT2D eigenvalue weighted by Crippen LogP contribution is -2.19. The van der Waals surface area contributed by atoms with Gasteiger partial charge in [0, 0.05) is 23.7 Å². The molecule has 96 valence electrons. The fraction of sp³-hybridized carbons (Fsp3) is 0.308. The molecule has 0 amide bonds. The van der Waals surface area contributed by atoms with Crippen molar-refractivity contribution in [1.29, 1.82) is 0 Å². The number of hydrogen-bond acceptors (Lipinski definition) is 4. The molecule has 0 fully saturated rings. The highest BCUT2D eigenvalue weighted by atomic mass is 32.1. The van der Waals surface area contributed by atoms with Crippen LogP contribution in [0.25, 0.3) is 0 Å². The summed E-state index contributed by atoms with van der Waals surface area (Å²) in [7, 11) is 1.86. The van der Waals surface area contributed by atoms with Crippen LogP contribution in [0.2, 0.25) is 0 Å². The number of rotatable bonds is 4. The summed E-state index contributed by atoms with van der Waals surface area (Å²) in [5.41, 5.74) is 3.72. The molecule has 1 aromatic carbocycles. The third-order valence-corrected chi connectivity index (χ3v) is 3.38. The Morgan fingerprint density at radius 2 is 2.28 bits per heavy atom. The first kappa shape index (κ1) is 13.0. The zero-order valence-corrected chi connectivity index (χ0v) is 11.1. The average molecular weight is 266 g/mol. The minimum atomic E-state index is -0.834. The summed E-state index contributed by atoms with van der Waals surface area (Å²) in [5.74, 6) is -0.382. The zero-order chi connectivity index (χ0) is 13.1. The molecule has 0 aliphatic carbocycles. The first-order valence-corrected chi connectivity index (χ1v) is 6.58. The van der Waals surface area contributed by atoms with Crippen LogP contribution in [-0.2, 0) is 6.54 Å². The molecule has 0 radical (unpaired) electrons. The molecular weight excluding hydrogens is 251 g/mol.